The third kappa shape index (κ3) is 3.14. The fraction of sp³-hybridized carbons (Fsp3) is 0.562. The Hall–Kier alpha value is -0.720. The minimum atomic E-state index is -0.948. The van der Waals surface area contributed by atoms with Gasteiger partial charge in [-0.3, -0.25) is 0 Å². The van der Waals surface area contributed by atoms with Crippen molar-refractivity contribution in [1.82, 2.24) is 0 Å². The number of halogens is 1. The normalized spacial score (nSPS) is 24.4. The number of fused-ring (bicyclic) bond motifs is 1. The summed E-state index contributed by atoms with van der Waals surface area (Å²) in [5.41, 5.74) is 0.503. The molecule has 22 heavy (non-hydrogen) atoms. The van der Waals surface area contributed by atoms with Crippen LogP contribution in [-0.2, 0) is 9.47 Å². The Kier molecular flexibility index (Phi) is 4.45. The van der Waals surface area contributed by atoms with Gasteiger partial charge in [-0.2, -0.15) is 0 Å². The van der Waals surface area contributed by atoms with Crippen LogP contribution in [0.3, 0.4) is 0 Å². The zero-order valence-electron chi connectivity index (χ0n) is 12.8. The van der Waals surface area contributed by atoms with E-state index >= 15 is 0 Å². The second-order valence-electron chi connectivity index (χ2n) is 6.02. The van der Waals surface area contributed by atoms with E-state index in [4.69, 9.17) is 14.2 Å². The Morgan fingerprint density at radius 3 is 2.82 bits per heavy atom. The third-order valence-electron chi connectivity index (χ3n) is 3.76. The standard InChI is InChI=1S/C16H19BrO4S/c1-9(11-5-4-8-19-11)22-12-7-6-10(17)14-13(12)15(18)21-16(2,3)20-14/h6-7,9,11H,4-5,8H2,1-3H3/t9?,11-/m0/s1. The number of carbonyl (C=O) groups excluding carboxylic acids is 1. The molecule has 6 heteroatoms. The van der Waals surface area contributed by atoms with Crippen LogP contribution >= 0.6 is 27.7 Å². The van der Waals surface area contributed by atoms with E-state index in [1.807, 2.05) is 12.1 Å². The average Bonchev–Trinajstić information content (AvgIpc) is 2.95. The van der Waals surface area contributed by atoms with Crippen LogP contribution in [0.5, 0.6) is 5.75 Å². The summed E-state index contributed by atoms with van der Waals surface area (Å²) in [4.78, 5) is 13.3. The first-order chi connectivity index (χ1) is 10.4. The van der Waals surface area contributed by atoms with Gasteiger partial charge < -0.3 is 14.2 Å². The van der Waals surface area contributed by atoms with Crippen LogP contribution in [-0.4, -0.2) is 29.7 Å². The molecule has 0 radical (unpaired) electrons. The van der Waals surface area contributed by atoms with Gasteiger partial charge in [-0.05, 0) is 40.9 Å². The Morgan fingerprint density at radius 2 is 2.14 bits per heavy atom. The predicted octanol–water partition coefficient (Wildman–Crippen LogP) is 4.39. The lowest BCUT2D eigenvalue weighted by atomic mass is 10.1. The molecule has 0 bridgehead atoms. The zero-order valence-corrected chi connectivity index (χ0v) is 15.3. The van der Waals surface area contributed by atoms with Crippen LogP contribution in [0.2, 0.25) is 0 Å². The summed E-state index contributed by atoms with van der Waals surface area (Å²) in [6.07, 6.45) is 2.41. The molecule has 2 atom stereocenters. The molecule has 3 rings (SSSR count). The Bertz CT molecular complexity index is 596. The average molecular weight is 387 g/mol. The molecular formula is C16H19BrO4S. The van der Waals surface area contributed by atoms with Crippen LogP contribution in [0.25, 0.3) is 0 Å². The molecule has 0 aromatic heterocycles. The van der Waals surface area contributed by atoms with Crippen LogP contribution in [0, 0.1) is 0 Å². The van der Waals surface area contributed by atoms with E-state index in [1.54, 1.807) is 25.6 Å². The second kappa shape index (κ2) is 6.06. The maximum Gasteiger partial charge on any atom is 0.346 e. The molecule has 0 aliphatic carbocycles. The molecule has 1 aromatic rings. The van der Waals surface area contributed by atoms with Gasteiger partial charge in [0.15, 0.2) is 5.75 Å². The monoisotopic (exact) mass is 386 g/mol. The number of cyclic esters (lactones) is 1. The number of hydrogen-bond acceptors (Lipinski definition) is 5. The van der Waals surface area contributed by atoms with Crippen LogP contribution in [0.15, 0.2) is 21.5 Å². The summed E-state index contributed by atoms with van der Waals surface area (Å²) in [6, 6.07) is 3.85. The van der Waals surface area contributed by atoms with Crippen molar-refractivity contribution >= 4 is 33.7 Å². The fourth-order valence-corrected chi connectivity index (χ4v) is 4.34. The third-order valence-corrected chi connectivity index (χ3v) is 5.66. The van der Waals surface area contributed by atoms with Gasteiger partial charge in [0, 0.05) is 30.6 Å². The number of rotatable bonds is 3. The van der Waals surface area contributed by atoms with E-state index in [1.165, 1.54) is 0 Å². The molecule has 2 heterocycles. The Labute approximate surface area is 143 Å². The first kappa shape index (κ1) is 16.1. The first-order valence-corrected chi connectivity index (χ1v) is 9.08. The molecule has 1 aromatic carbocycles. The minimum Gasteiger partial charge on any atom is -0.451 e. The fourth-order valence-electron chi connectivity index (χ4n) is 2.72. The molecule has 1 saturated heterocycles. The van der Waals surface area contributed by atoms with Gasteiger partial charge >= 0.3 is 5.97 Å². The van der Waals surface area contributed by atoms with Gasteiger partial charge in [0.1, 0.15) is 5.56 Å². The number of ether oxygens (including phenoxy) is 3. The number of benzene rings is 1. The summed E-state index contributed by atoms with van der Waals surface area (Å²) in [7, 11) is 0. The van der Waals surface area contributed by atoms with Crippen LogP contribution < -0.4 is 4.74 Å². The largest absolute Gasteiger partial charge is 0.451 e. The zero-order chi connectivity index (χ0) is 15.9. The lowest BCUT2D eigenvalue weighted by Crippen LogP contribution is -2.39. The lowest BCUT2D eigenvalue weighted by Gasteiger charge is -2.33. The summed E-state index contributed by atoms with van der Waals surface area (Å²) in [5.74, 6) is -0.726. The number of esters is 1. The van der Waals surface area contributed by atoms with E-state index in [0.29, 0.717) is 11.3 Å². The molecular weight excluding hydrogens is 368 g/mol. The Balaban J connectivity index is 1.91. The molecule has 0 spiro atoms. The SMILES string of the molecule is CC(Sc1ccc(Br)c2c1C(=O)OC(C)(C)O2)[C@@H]1CCCO1. The summed E-state index contributed by atoms with van der Waals surface area (Å²) in [5, 5.41) is 0.274. The van der Waals surface area contributed by atoms with Crippen molar-refractivity contribution in [1.29, 1.82) is 0 Å². The second-order valence-corrected chi connectivity index (χ2v) is 8.29. The van der Waals surface area contributed by atoms with Crippen molar-refractivity contribution in [2.24, 2.45) is 0 Å². The van der Waals surface area contributed by atoms with Crippen molar-refractivity contribution in [2.45, 2.75) is 55.6 Å². The van der Waals surface area contributed by atoms with E-state index < -0.39 is 5.79 Å². The quantitative estimate of drug-likeness (QED) is 0.569. The maximum atomic E-state index is 12.4. The molecule has 4 nitrogen and oxygen atoms in total. The molecule has 1 unspecified atom stereocenters. The highest BCUT2D eigenvalue weighted by molar-refractivity contribution is 9.10. The molecule has 0 amide bonds. The number of hydrogen-bond donors (Lipinski definition) is 0. The van der Waals surface area contributed by atoms with E-state index in [9.17, 15) is 4.79 Å². The number of thioether (sulfide) groups is 1. The highest BCUT2D eigenvalue weighted by Gasteiger charge is 2.37. The molecule has 0 saturated carbocycles. The van der Waals surface area contributed by atoms with E-state index in [0.717, 1.165) is 28.8 Å². The molecule has 120 valence electrons. The van der Waals surface area contributed by atoms with Crippen molar-refractivity contribution in [3.8, 4) is 5.75 Å². The molecule has 1 fully saturated rings. The van der Waals surface area contributed by atoms with Gasteiger partial charge in [0.2, 0.25) is 5.79 Å². The van der Waals surface area contributed by atoms with Crippen LogP contribution in [0.1, 0.15) is 44.0 Å². The summed E-state index contributed by atoms with van der Waals surface area (Å²) in [6.45, 7) is 6.42. The molecule has 0 N–H and O–H groups in total. The number of carbonyl (C=O) groups is 1. The van der Waals surface area contributed by atoms with Crippen molar-refractivity contribution < 1.29 is 19.0 Å². The van der Waals surface area contributed by atoms with E-state index in [-0.39, 0.29) is 17.3 Å². The minimum absolute atomic E-state index is 0.237. The van der Waals surface area contributed by atoms with Crippen molar-refractivity contribution in [3.05, 3.63) is 22.2 Å². The van der Waals surface area contributed by atoms with E-state index in [2.05, 4.69) is 22.9 Å². The topological polar surface area (TPSA) is 44.8 Å². The lowest BCUT2D eigenvalue weighted by molar-refractivity contribution is -0.128. The molecule has 2 aliphatic heterocycles. The van der Waals surface area contributed by atoms with Gasteiger partial charge in [-0.15, -0.1) is 11.8 Å². The van der Waals surface area contributed by atoms with Gasteiger partial charge in [-0.1, -0.05) is 6.92 Å². The van der Waals surface area contributed by atoms with Crippen molar-refractivity contribution in [2.75, 3.05) is 6.61 Å². The maximum absolute atomic E-state index is 12.4. The Morgan fingerprint density at radius 1 is 1.36 bits per heavy atom. The smallest absolute Gasteiger partial charge is 0.346 e. The predicted molar refractivity (Wildman–Crippen MR) is 88.6 cm³/mol. The highest BCUT2D eigenvalue weighted by Crippen LogP contribution is 2.43. The van der Waals surface area contributed by atoms with Gasteiger partial charge in [0.05, 0.1) is 10.6 Å². The van der Waals surface area contributed by atoms with Crippen LogP contribution in [0.4, 0.5) is 0 Å². The van der Waals surface area contributed by atoms with Gasteiger partial charge in [-0.25, -0.2) is 4.79 Å². The highest BCUT2D eigenvalue weighted by atomic mass is 79.9. The molecule has 2 aliphatic rings. The van der Waals surface area contributed by atoms with Crippen molar-refractivity contribution in [3.63, 3.8) is 0 Å². The van der Waals surface area contributed by atoms with Gasteiger partial charge in [0.25, 0.3) is 0 Å². The summed E-state index contributed by atoms with van der Waals surface area (Å²) >= 11 is 5.10. The summed E-state index contributed by atoms with van der Waals surface area (Å²) < 4.78 is 17.7. The first-order valence-electron chi connectivity index (χ1n) is 7.40.